The van der Waals surface area contributed by atoms with Gasteiger partial charge in [-0.1, -0.05) is 6.92 Å². The van der Waals surface area contributed by atoms with Crippen LogP contribution in [-0.4, -0.2) is 44.0 Å². The van der Waals surface area contributed by atoms with Crippen LogP contribution in [0.3, 0.4) is 0 Å². The second-order valence-electron chi connectivity index (χ2n) is 4.21. The molecule has 0 aliphatic carbocycles. The Labute approximate surface area is 119 Å². The Morgan fingerprint density at radius 1 is 1.48 bits per heavy atom. The molecule has 0 aliphatic rings. The van der Waals surface area contributed by atoms with Gasteiger partial charge in [-0.3, -0.25) is 10.1 Å². The zero-order chi connectivity index (χ0) is 16.2. The van der Waals surface area contributed by atoms with E-state index in [0.29, 0.717) is 6.42 Å². The average Bonchev–Trinajstić information content (AvgIpc) is 2.38. The Bertz CT molecular complexity index is 553. The van der Waals surface area contributed by atoms with Crippen molar-refractivity contribution in [3.63, 3.8) is 0 Å². The van der Waals surface area contributed by atoms with Gasteiger partial charge in [0, 0.05) is 0 Å². The number of rotatable bonds is 7. The number of carbonyl (C=O) groups is 1. The molecule has 116 valence electrons. The molecule has 9 nitrogen and oxygen atoms in total. The number of aromatic carboxylic acids is 1. The maximum absolute atomic E-state index is 11.0. The molecule has 0 saturated carbocycles. The predicted molar refractivity (Wildman–Crippen MR) is 69.3 cm³/mol. The van der Waals surface area contributed by atoms with Crippen LogP contribution in [0.15, 0.2) is 6.07 Å². The van der Waals surface area contributed by atoms with Crippen LogP contribution in [-0.2, 0) is 11.3 Å². The van der Waals surface area contributed by atoms with Crippen molar-refractivity contribution in [3.05, 3.63) is 27.3 Å². The number of nitro benzene ring substituents is 1. The summed E-state index contributed by atoms with van der Waals surface area (Å²) in [4.78, 5) is 20.9. The fraction of sp³-hybridized carbons (Fsp3) is 0.417. The quantitative estimate of drug-likeness (QED) is 0.430. The van der Waals surface area contributed by atoms with Crippen molar-refractivity contribution < 1.29 is 34.9 Å². The van der Waals surface area contributed by atoms with Crippen LogP contribution >= 0.6 is 0 Å². The molecule has 0 aliphatic heterocycles. The first-order valence-corrected chi connectivity index (χ1v) is 6.01. The van der Waals surface area contributed by atoms with Crippen LogP contribution in [0.5, 0.6) is 11.5 Å². The molecule has 1 rings (SSSR count). The summed E-state index contributed by atoms with van der Waals surface area (Å²) >= 11 is 0. The highest BCUT2D eigenvalue weighted by Gasteiger charge is 2.29. The van der Waals surface area contributed by atoms with Gasteiger partial charge in [0.1, 0.15) is 5.75 Å². The maximum Gasteiger partial charge on any atom is 0.343 e. The molecule has 9 heteroatoms. The lowest BCUT2D eigenvalue weighted by molar-refractivity contribution is -0.387. The molecule has 4 N–H and O–H groups in total. The molecule has 0 radical (unpaired) electrons. The lowest BCUT2D eigenvalue weighted by Crippen LogP contribution is -2.16. The van der Waals surface area contributed by atoms with Crippen LogP contribution in [0.2, 0.25) is 0 Å². The normalized spacial score (nSPS) is 12.1. The zero-order valence-corrected chi connectivity index (χ0v) is 11.1. The first kappa shape index (κ1) is 16.7. The first-order valence-electron chi connectivity index (χ1n) is 6.01. The van der Waals surface area contributed by atoms with Crippen molar-refractivity contribution in [1.29, 1.82) is 0 Å². The van der Waals surface area contributed by atoms with Gasteiger partial charge in [0.2, 0.25) is 5.75 Å². The number of carboxylic acids is 1. The highest BCUT2D eigenvalue weighted by molar-refractivity contribution is 5.96. The van der Waals surface area contributed by atoms with E-state index in [1.165, 1.54) is 0 Å². The number of aliphatic hydroxyl groups excluding tert-OH is 1. The van der Waals surface area contributed by atoms with Crippen LogP contribution in [0.25, 0.3) is 0 Å². The third-order valence-corrected chi connectivity index (χ3v) is 2.86. The fourth-order valence-electron chi connectivity index (χ4n) is 1.73. The van der Waals surface area contributed by atoms with Crippen LogP contribution in [0.4, 0.5) is 5.69 Å². The van der Waals surface area contributed by atoms with Gasteiger partial charge < -0.3 is 25.2 Å². The molecular formula is C12H15NO8. The summed E-state index contributed by atoms with van der Waals surface area (Å²) in [6, 6.07) is 0.853. The number of phenols is 2. The van der Waals surface area contributed by atoms with E-state index in [9.17, 15) is 25.1 Å². The van der Waals surface area contributed by atoms with Gasteiger partial charge in [0.05, 0.1) is 29.8 Å². The lowest BCUT2D eigenvalue weighted by atomic mass is 10.1. The van der Waals surface area contributed by atoms with E-state index in [1.54, 1.807) is 6.92 Å². The van der Waals surface area contributed by atoms with Crippen LogP contribution < -0.4 is 0 Å². The molecule has 0 aromatic heterocycles. The summed E-state index contributed by atoms with van der Waals surface area (Å²) in [5.74, 6) is -3.63. The van der Waals surface area contributed by atoms with Gasteiger partial charge in [0.25, 0.3) is 0 Å². The highest BCUT2D eigenvalue weighted by Crippen LogP contribution is 2.39. The SMILES string of the molecule is CCC(CO)OCc1cc(O)c(C(=O)O)c(O)c1[N+](=O)[O-]. The first-order chi connectivity index (χ1) is 9.83. The maximum atomic E-state index is 11.0. The molecule has 1 aromatic carbocycles. The minimum Gasteiger partial charge on any atom is -0.507 e. The van der Waals surface area contributed by atoms with Crippen molar-refractivity contribution in [2.75, 3.05) is 6.61 Å². The van der Waals surface area contributed by atoms with Gasteiger partial charge in [-0.15, -0.1) is 0 Å². The van der Waals surface area contributed by atoms with E-state index in [-0.39, 0.29) is 18.8 Å². The second-order valence-corrected chi connectivity index (χ2v) is 4.21. The monoisotopic (exact) mass is 301 g/mol. The van der Waals surface area contributed by atoms with E-state index in [1.807, 2.05) is 0 Å². The van der Waals surface area contributed by atoms with Crippen LogP contribution in [0, 0.1) is 10.1 Å². The largest absolute Gasteiger partial charge is 0.507 e. The number of aliphatic hydroxyl groups is 1. The summed E-state index contributed by atoms with van der Waals surface area (Å²) in [6.07, 6.45) is -0.108. The van der Waals surface area contributed by atoms with Crippen LogP contribution in [0.1, 0.15) is 29.3 Å². The number of nitrogens with zero attached hydrogens (tertiary/aromatic N) is 1. The third kappa shape index (κ3) is 3.58. The molecule has 1 aromatic rings. The molecular weight excluding hydrogens is 286 g/mol. The number of nitro groups is 1. The molecule has 0 spiro atoms. The molecule has 1 atom stereocenters. The molecule has 0 heterocycles. The van der Waals surface area contributed by atoms with E-state index in [0.717, 1.165) is 6.07 Å². The summed E-state index contributed by atoms with van der Waals surface area (Å²) in [5, 5.41) is 48.0. The highest BCUT2D eigenvalue weighted by atomic mass is 16.6. The third-order valence-electron chi connectivity index (χ3n) is 2.86. The number of benzene rings is 1. The molecule has 21 heavy (non-hydrogen) atoms. The number of carboxylic acid groups (broad SMARTS) is 1. The summed E-state index contributed by atoms with van der Waals surface area (Å²) in [5.41, 5.74) is -1.98. The molecule has 0 fully saturated rings. The topological polar surface area (TPSA) is 150 Å². The molecule has 0 saturated heterocycles. The van der Waals surface area contributed by atoms with Gasteiger partial charge >= 0.3 is 11.7 Å². The van der Waals surface area contributed by atoms with E-state index in [2.05, 4.69) is 0 Å². The summed E-state index contributed by atoms with van der Waals surface area (Å²) in [7, 11) is 0. The van der Waals surface area contributed by atoms with Gasteiger partial charge in [-0.25, -0.2) is 4.79 Å². The zero-order valence-electron chi connectivity index (χ0n) is 11.1. The molecule has 0 bridgehead atoms. The minimum absolute atomic E-state index is 0.188. The van der Waals surface area contributed by atoms with Crippen molar-refractivity contribution >= 4 is 11.7 Å². The van der Waals surface area contributed by atoms with Gasteiger partial charge in [-0.05, 0) is 12.5 Å². The van der Waals surface area contributed by atoms with E-state index in [4.69, 9.17) is 14.9 Å². The fourth-order valence-corrected chi connectivity index (χ4v) is 1.73. The Morgan fingerprint density at radius 2 is 2.10 bits per heavy atom. The van der Waals surface area contributed by atoms with Crippen molar-refractivity contribution in [2.24, 2.45) is 0 Å². The Morgan fingerprint density at radius 3 is 2.52 bits per heavy atom. The van der Waals surface area contributed by atoms with Crippen molar-refractivity contribution in [3.8, 4) is 11.5 Å². The standard InChI is InChI=1S/C12H15NO8/c1-2-7(4-14)21-5-6-3-8(15)9(12(17)18)11(16)10(6)13(19)20/h3,7,14-16H,2,4-5H2,1H3,(H,17,18). The van der Waals surface area contributed by atoms with Gasteiger partial charge in [-0.2, -0.15) is 0 Å². The molecule has 0 amide bonds. The Hall–Kier alpha value is -2.39. The van der Waals surface area contributed by atoms with Crippen molar-refractivity contribution in [1.82, 2.24) is 0 Å². The Kier molecular flexibility index (Phi) is 5.44. The summed E-state index contributed by atoms with van der Waals surface area (Å²) in [6.45, 7) is 1.07. The number of hydrogen-bond donors (Lipinski definition) is 4. The second kappa shape index (κ2) is 6.86. The van der Waals surface area contributed by atoms with E-state index < -0.39 is 39.7 Å². The van der Waals surface area contributed by atoms with E-state index >= 15 is 0 Å². The number of aromatic hydroxyl groups is 2. The lowest BCUT2D eigenvalue weighted by Gasteiger charge is -2.14. The molecule has 1 unspecified atom stereocenters. The van der Waals surface area contributed by atoms with Crippen molar-refractivity contribution in [2.45, 2.75) is 26.1 Å². The van der Waals surface area contributed by atoms with Gasteiger partial charge in [0.15, 0.2) is 5.56 Å². The summed E-state index contributed by atoms with van der Waals surface area (Å²) < 4.78 is 5.20. The smallest absolute Gasteiger partial charge is 0.343 e. The number of hydrogen-bond acceptors (Lipinski definition) is 7. The number of ether oxygens (including phenoxy) is 1. The Balaban J connectivity index is 3.26. The minimum atomic E-state index is -1.69. The predicted octanol–water partition coefficient (Wildman–Crippen LogP) is 0.992. The average molecular weight is 301 g/mol.